The van der Waals surface area contributed by atoms with Crippen molar-refractivity contribution in [2.75, 3.05) is 7.11 Å². The molecule has 7 heteroatoms. The van der Waals surface area contributed by atoms with Crippen molar-refractivity contribution in [2.24, 2.45) is 0 Å². The van der Waals surface area contributed by atoms with E-state index in [1.54, 1.807) is 42.5 Å². The summed E-state index contributed by atoms with van der Waals surface area (Å²) in [7, 11) is 1.61. The molecule has 2 N–H and O–H groups in total. The van der Waals surface area contributed by atoms with E-state index < -0.39 is 6.04 Å². The molecule has 0 bridgehead atoms. The number of ether oxygens (including phenoxy) is 1. The van der Waals surface area contributed by atoms with Crippen LogP contribution in [0.2, 0.25) is 0 Å². The number of aromatic amines is 1. The number of aromatic hydroxyl groups is 1. The van der Waals surface area contributed by atoms with Crippen LogP contribution in [0.15, 0.2) is 71.3 Å². The standard InChI is InChI=1S/C23H19N3O4/c1-29-15-10-8-14(9-11-15)22-19-20(17-6-2-3-7-18(17)27)24-25-21(19)23(28)26(22)13-16-5-4-12-30-16/h2-12,22,27H,13H2,1H3,(H,24,25)/t22-/m1/s1. The molecule has 1 amide bonds. The van der Waals surface area contributed by atoms with Crippen LogP contribution in [0.1, 0.15) is 33.4 Å². The Labute approximate surface area is 172 Å². The molecule has 0 radical (unpaired) electrons. The number of hydrogen-bond acceptors (Lipinski definition) is 5. The van der Waals surface area contributed by atoms with Crippen molar-refractivity contribution >= 4 is 5.91 Å². The predicted octanol–water partition coefficient (Wildman–Crippen LogP) is 4.13. The van der Waals surface area contributed by atoms with Crippen molar-refractivity contribution in [1.29, 1.82) is 0 Å². The van der Waals surface area contributed by atoms with Gasteiger partial charge in [-0.15, -0.1) is 0 Å². The summed E-state index contributed by atoms with van der Waals surface area (Å²) >= 11 is 0. The number of benzene rings is 2. The Kier molecular flexibility index (Phi) is 4.28. The van der Waals surface area contributed by atoms with Crippen LogP contribution in [0.25, 0.3) is 11.3 Å². The second-order valence-electron chi connectivity index (χ2n) is 7.07. The highest BCUT2D eigenvalue weighted by Gasteiger charge is 2.42. The number of nitrogens with one attached hydrogen (secondary N) is 1. The van der Waals surface area contributed by atoms with Gasteiger partial charge >= 0.3 is 0 Å². The maximum Gasteiger partial charge on any atom is 0.273 e. The van der Waals surface area contributed by atoms with Gasteiger partial charge in [-0.05, 0) is 42.0 Å². The van der Waals surface area contributed by atoms with E-state index in [1.165, 1.54) is 0 Å². The highest BCUT2D eigenvalue weighted by atomic mass is 16.5. The number of furan rings is 1. The minimum Gasteiger partial charge on any atom is -0.507 e. The zero-order valence-electron chi connectivity index (χ0n) is 16.2. The van der Waals surface area contributed by atoms with Crippen LogP contribution < -0.4 is 4.74 Å². The van der Waals surface area contributed by atoms with Crippen LogP contribution >= 0.6 is 0 Å². The van der Waals surface area contributed by atoms with Gasteiger partial charge in [-0.1, -0.05) is 24.3 Å². The lowest BCUT2D eigenvalue weighted by atomic mass is 9.95. The summed E-state index contributed by atoms with van der Waals surface area (Å²) in [5, 5.41) is 17.7. The molecule has 2 aromatic heterocycles. The highest BCUT2D eigenvalue weighted by Crippen LogP contribution is 2.45. The van der Waals surface area contributed by atoms with Gasteiger partial charge in [0.05, 0.1) is 26.0 Å². The molecule has 2 aromatic carbocycles. The number of aromatic nitrogens is 2. The first-order valence-electron chi connectivity index (χ1n) is 9.51. The van der Waals surface area contributed by atoms with E-state index >= 15 is 0 Å². The predicted molar refractivity (Wildman–Crippen MR) is 109 cm³/mol. The summed E-state index contributed by atoms with van der Waals surface area (Å²) in [6.07, 6.45) is 1.59. The molecule has 1 atom stereocenters. The fourth-order valence-electron chi connectivity index (χ4n) is 3.94. The van der Waals surface area contributed by atoms with Crippen molar-refractivity contribution < 1.29 is 19.1 Å². The van der Waals surface area contributed by atoms with Crippen molar-refractivity contribution in [3.8, 4) is 22.8 Å². The van der Waals surface area contributed by atoms with Gasteiger partial charge in [-0.2, -0.15) is 5.10 Å². The first kappa shape index (κ1) is 18.1. The van der Waals surface area contributed by atoms with Crippen LogP contribution in [0.3, 0.4) is 0 Å². The van der Waals surface area contributed by atoms with Crippen LogP contribution in [0.4, 0.5) is 0 Å². The van der Waals surface area contributed by atoms with Crippen molar-refractivity contribution in [3.63, 3.8) is 0 Å². The minimum absolute atomic E-state index is 0.109. The Hall–Kier alpha value is -4.00. The third-order valence-corrected chi connectivity index (χ3v) is 5.36. The monoisotopic (exact) mass is 401 g/mol. The Morgan fingerprint density at radius 2 is 1.93 bits per heavy atom. The summed E-state index contributed by atoms with van der Waals surface area (Å²) in [5.74, 6) is 1.35. The molecule has 150 valence electrons. The lowest BCUT2D eigenvalue weighted by Gasteiger charge is -2.25. The molecule has 3 heterocycles. The molecule has 30 heavy (non-hydrogen) atoms. The number of methoxy groups -OCH3 is 1. The van der Waals surface area contributed by atoms with Crippen molar-refractivity contribution in [2.45, 2.75) is 12.6 Å². The summed E-state index contributed by atoms with van der Waals surface area (Å²) in [6, 6.07) is 17.8. The molecule has 7 nitrogen and oxygen atoms in total. The smallest absolute Gasteiger partial charge is 0.273 e. The average molecular weight is 401 g/mol. The average Bonchev–Trinajstić information content (AvgIpc) is 3.49. The van der Waals surface area contributed by atoms with E-state index in [9.17, 15) is 9.90 Å². The van der Waals surface area contributed by atoms with E-state index in [4.69, 9.17) is 9.15 Å². The second-order valence-corrected chi connectivity index (χ2v) is 7.07. The molecule has 1 aliphatic rings. The Morgan fingerprint density at radius 3 is 2.63 bits per heavy atom. The lowest BCUT2D eigenvalue weighted by molar-refractivity contribution is 0.0717. The van der Waals surface area contributed by atoms with Crippen LogP contribution in [0, 0.1) is 0 Å². The second kappa shape index (κ2) is 7.11. The number of amides is 1. The SMILES string of the molecule is COc1ccc([C@@H]2c3c(-c4ccccc4O)n[nH]c3C(=O)N2Cc2ccco2)cc1. The summed E-state index contributed by atoms with van der Waals surface area (Å²) in [4.78, 5) is 15.0. The van der Waals surface area contributed by atoms with Crippen molar-refractivity contribution in [3.05, 3.63) is 89.5 Å². The zero-order valence-corrected chi connectivity index (χ0v) is 16.2. The van der Waals surface area contributed by atoms with E-state index in [-0.39, 0.29) is 11.7 Å². The maximum atomic E-state index is 13.3. The number of nitrogens with zero attached hydrogens (tertiary/aromatic N) is 2. The van der Waals surface area contributed by atoms with Crippen LogP contribution in [-0.4, -0.2) is 33.2 Å². The van der Waals surface area contributed by atoms with Crippen LogP contribution in [-0.2, 0) is 6.54 Å². The van der Waals surface area contributed by atoms with E-state index in [2.05, 4.69) is 10.2 Å². The molecule has 5 rings (SSSR count). The third kappa shape index (κ3) is 2.83. The summed E-state index contributed by atoms with van der Waals surface area (Å²) in [6.45, 7) is 0.311. The lowest BCUT2D eigenvalue weighted by Crippen LogP contribution is -2.28. The van der Waals surface area contributed by atoms with Gasteiger partial charge < -0.3 is 19.2 Å². The van der Waals surface area contributed by atoms with Gasteiger partial charge in [-0.3, -0.25) is 9.89 Å². The maximum absolute atomic E-state index is 13.3. The van der Waals surface area contributed by atoms with Gasteiger partial charge in [0.25, 0.3) is 5.91 Å². The Bertz CT molecular complexity index is 1200. The molecule has 0 saturated carbocycles. The zero-order chi connectivity index (χ0) is 20.7. The van der Waals surface area contributed by atoms with Gasteiger partial charge in [0.15, 0.2) is 0 Å². The number of H-pyrrole nitrogens is 1. The van der Waals surface area contributed by atoms with Gasteiger partial charge in [-0.25, -0.2) is 0 Å². The molecule has 0 unspecified atom stereocenters. The number of carbonyl (C=O) groups excluding carboxylic acids is 1. The fourth-order valence-corrected chi connectivity index (χ4v) is 3.94. The van der Waals surface area contributed by atoms with E-state index in [0.29, 0.717) is 29.3 Å². The number of fused-ring (bicyclic) bond motifs is 1. The quantitative estimate of drug-likeness (QED) is 0.525. The number of phenolic OH excluding ortho intramolecular Hbond substituents is 1. The number of phenols is 1. The molecule has 0 spiro atoms. The molecular weight excluding hydrogens is 382 g/mol. The summed E-state index contributed by atoms with van der Waals surface area (Å²) in [5.41, 5.74) is 3.19. The number of hydrogen-bond donors (Lipinski definition) is 2. The van der Waals surface area contributed by atoms with Gasteiger partial charge in [0, 0.05) is 11.1 Å². The highest BCUT2D eigenvalue weighted by molar-refractivity contribution is 6.00. The minimum atomic E-state index is -0.392. The first-order chi connectivity index (χ1) is 14.7. The van der Waals surface area contributed by atoms with E-state index in [1.807, 2.05) is 36.4 Å². The normalized spacial score (nSPS) is 15.4. The van der Waals surface area contributed by atoms with Crippen molar-refractivity contribution in [1.82, 2.24) is 15.1 Å². The van der Waals surface area contributed by atoms with Crippen LogP contribution in [0.5, 0.6) is 11.5 Å². The number of carbonyl (C=O) groups is 1. The molecule has 0 fully saturated rings. The summed E-state index contributed by atoms with van der Waals surface area (Å²) < 4.78 is 10.8. The Morgan fingerprint density at radius 1 is 1.13 bits per heavy atom. The van der Waals surface area contributed by atoms with Gasteiger partial charge in [0.1, 0.15) is 28.6 Å². The topological polar surface area (TPSA) is 91.6 Å². The first-order valence-corrected chi connectivity index (χ1v) is 9.51. The Balaban J connectivity index is 1.66. The molecule has 0 aliphatic carbocycles. The number of para-hydroxylation sites is 1. The molecule has 1 aliphatic heterocycles. The fraction of sp³-hybridized carbons (Fsp3) is 0.130. The largest absolute Gasteiger partial charge is 0.507 e. The molecule has 4 aromatic rings. The van der Waals surface area contributed by atoms with Gasteiger partial charge in [0.2, 0.25) is 0 Å². The van der Waals surface area contributed by atoms with E-state index in [0.717, 1.165) is 16.9 Å². The molecule has 0 saturated heterocycles. The molecular formula is C23H19N3O4. The third-order valence-electron chi connectivity index (χ3n) is 5.36. The number of rotatable bonds is 5.